The van der Waals surface area contributed by atoms with E-state index in [1.54, 1.807) is 11.4 Å². The van der Waals surface area contributed by atoms with Crippen LogP contribution in [0, 0.1) is 0 Å². The molecule has 0 aliphatic carbocycles. The summed E-state index contributed by atoms with van der Waals surface area (Å²) in [4.78, 5) is 24.0. The molecule has 0 spiro atoms. The van der Waals surface area contributed by atoms with Crippen LogP contribution in [0.5, 0.6) is 0 Å². The van der Waals surface area contributed by atoms with Gasteiger partial charge in [0.2, 0.25) is 5.91 Å². The maximum absolute atomic E-state index is 12.3. The summed E-state index contributed by atoms with van der Waals surface area (Å²) in [6.07, 6.45) is 0. The number of halogens is 1. The monoisotopic (exact) mass is 480 g/mol. The highest BCUT2D eigenvalue weighted by molar-refractivity contribution is 9.10. The molecule has 1 aromatic carbocycles. The Balaban J connectivity index is 1.68. The zero-order valence-corrected chi connectivity index (χ0v) is 18.4. The van der Waals surface area contributed by atoms with Gasteiger partial charge in [0.05, 0.1) is 18.4 Å². The zero-order valence-electron chi connectivity index (χ0n) is 15.1. The lowest BCUT2D eigenvalue weighted by molar-refractivity contribution is -0.113. The Morgan fingerprint density at radius 1 is 1.25 bits per heavy atom. The van der Waals surface area contributed by atoms with Crippen LogP contribution in [0.25, 0.3) is 11.4 Å². The van der Waals surface area contributed by atoms with Gasteiger partial charge in [-0.05, 0) is 30.5 Å². The number of hydrogen-bond donors (Lipinski definition) is 1. The Morgan fingerprint density at radius 3 is 2.68 bits per heavy atom. The molecule has 2 aromatic heterocycles. The van der Waals surface area contributed by atoms with Gasteiger partial charge in [-0.1, -0.05) is 39.8 Å². The van der Waals surface area contributed by atoms with Crippen molar-refractivity contribution < 1.29 is 14.3 Å². The molecule has 2 heterocycles. The number of carbonyl (C=O) groups is 2. The number of nitrogens with zero attached hydrogens (tertiary/aromatic N) is 3. The molecule has 0 unspecified atom stereocenters. The van der Waals surface area contributed by atoms with Crippen LogP contribution in [0.4, 0.5) is 5.00 Å². The predicted molar refractivity (Wildman–Crippen MR) is 114 cm³/mol. The fraction of sp³-hybridized carbons (Fsp3) is 0.222. The number of benzene rings is 1. The molecule has 146 valence electrons. The van der Waals surface area contributed by atoms with E-state index in [0.29, 0.717) is 22.3 Å². The van der Waals surface area contributed by atoms with Crippen molar-refractivity contribution in [2.24, 2.45) is 0 Å². The lowest BCUT2D eigenvalue weighted by Gasteiger charge is -2.08. The third kappa shape index (κ3) is 4.62. The summed E-state index contributed by atoms with van der Waals surface area (Å²) in [6, 6.07) is 9.45. The molecule has 0 aliphatic rings. The van der Waals surface area contributed by atoms with Crippen molar-refractivity contribution >= 4 is 55.9 Å². The van der Waals surface area contributed by atoms with Crippen molar-refractivity contribution in [3.63, 3.8) is 0 Å². The summed E-state index contributed by atoms with van der Waals surface area (Å²) in [7, 11) is 1.31. The number of hydrogen-bond acceptors (Lipinski definition) is 7. The van der Waals surface area contributed by atoms with Crippen LogP contribution in [-0.2, 0) is 16.1 Å². The molecule has 7 nitrogen and oxygen atoms in total. The number of thiophene rings is 1. The first-order valence-electron chi connectivity index (χ1n) is 8.31. The van der Waals surface area contributed by atoms with E-state index in [2.05, 4.69) is 31.4 Å². The molecular formula is C18H17BrN4O3S2. The lowest BCUT2D eigenvalue weighted by atomic mass is 10.2. The molecular weight excluding hydrogens is 464 g/mol. The molecule has 0 saturated heterocycles. The summed E-state index contributed by atoms with van der Waals surface area (Å²) in [6.45, 7) is 2.68. The Hall–Kier alpha value is -2.17. The first-order chi connectivity index (χ1) is 13.5. The van der Waals surface area contributed by atoms with E-state index < -0.39 is 5.97 Å². The normalized spacial score (nSPS) is 10.7. The number of rotatable bonds is 7. The second-order valence-corrected chi connectivity index (χ2v) is 8.32. The minimum absolute atomic E-state index is 0.150. The topological polar surface area (TPSA) is 86.1 Å². The molecule has 0 fully saturated rings. The van der Waals surface area contributed by atoms with Crippen LogP contribution in [0.2, 0.25) is 0 Å². The van der Waals surface area contributed by atoms with Crippen LogP contribution in [0.1, 0.15) is 17.3 Å². The van der Waals surface area contributed by atoms with Gasteiger partial charge in [0.1, 0.15) is 5.00 Å². The summed E-state index contributed by atoms with van der Waals surface area (Å²) < 4.78 is 7.67. The van der Waals surface area contributed by atoms with Gasteiger partial charge in [0.15, 0.2) is 11.0 Å². The smallest absolute Gasteiger partial charge is 0.340 e. The van der Waals surface area contributed by atoms with Crippen molar-refractivity contribution in [3.05, 3.63) is 45.7 Å². The van der Waals surface area contributed by atoms with Crippen molar-refractivity contribution in [1.29, 1.82) is 0 Å². The standard InChI is InChI=1S/C18H17BrN4O3S2/c1-3-23-15(11-4-6-12(19)7-5-11)21-22-18(23)28-10-14(24)20-16-13(8-9-27-16)17(25)26-2/h4-9H,3,10H2,1-2H3,(H,20,24). The number of amides is 1. The third-order valence-electron chi connectivity index (χ3n) is 3.79. The summed E-state index contributed by atoms with van der Waals surface area (Å²) in [5.41, 5.74) is 1.30. The Morgan fingerprint density at radius 2 is 2.00 bits per heavy atom. The molecule has 1 amide bonds. The Labute approximate surface area is 178 Å². The second-order valence-electron chi connectivity index (χ2n) is 5.55. The molecule has 1 N–H and O–H groups in total. The van der Waals surface area contributed by atoms with Gasteiger partial charge in [-0.2, -0.15) is 0 Å². The van der Waals surface area contributed by atoms with Crippen LogP contribution in [-0.4, -0.2) is 39.5 Å². The molecule has 0 radical (unpaired) electrons. The van der Waals surface area contributed by atoms with E-state index in [1.807, 2.05) is 35.8 Å². The first-order valence-corrected chi connectivity index (χ1v) is 11.0. The zero-order chi connectivity index (χ0) is 20.1. The van der Waals surface area contributed by atoms with Crippen molar-refractivity contribution in [2.75, 3.05) is 18.2 Å². The molecule has 0 saturated carbocycles. The predicted octanol–water partition coefficient (Wildman–Crippen LogP) is 4.31. The van der Waals surface area contributed by atoms with Gasteiger partial charge in [0.25, 0.3) is 0 Å². The number of thioether (sulfide) groups is 1. The number of aromatic nitrogens is 3. The van der Waals surface area contributed by atoms with Crippen molar-refractivity contribution in [2.45, 2.75) is 18.6 Å². The maximum Gasteiger partial charge on any atom is 0.340 e. The highest BCUT2D eigenvalue weighted by atomic mass is 79.9. The van der Waals surface area contributed by atoms with Gasteiger partial charge in [-0.3, -0.25) is 4.79 Å². The van der Waals surface area contributed by atoms with Crippen LogP contribution >= 0.6 is 39.0 Å². The SMILES string of the molecule is CCn1c(SCC(=O)Nc2sccc2C(=O)OC)nnc1-c1ccc(Br)cc1. The van der Waals surface area contributed by atoms with E-state index in [9.17, 15) is 9.59 Å². The molecule has 3 aromatic rings. The Bertz CT molecular complexity index is 985. The number of anilines is 1. The van der Waals surface area contributed by atoms with Crippen LogP contribution < -0.4 is 5.32 Å². The average Bonchev–Trinajstić information content (AvgIpc) is 3.33. The fourth-order valence-corrected chi connectivity index (χ4v) is 4.32. The number of ether oxygens (including phenoxy) is 1. The van der Waals surface area contributed by atoms with Gasteiger partial charge in [-0.25, -0.2) is 4.79 Å². The molecule has 10 heteroatoms. The number of nitrogens with one attached hydrogen (secondary N) is 1. The van der Waals surface area contributed by atoms with Crippen molar-refractivity contribution in [1.82, 2.24) is 14.8 Å². The molecule has 28 heavy (non-hydrogen) atoms. The van der Waals surface area contributed by atoms with Gasteiger partial charge < -0.3 is 14.6 Å². The Kier molecular flexibility index (Phi) is 6.87. The highest BCUT2D eigenvalue weighted by Gasteiger charge is 2.17. The van der Waals surface area contributed by atoms with Gasteiger partial charge in [-0.15, -0.1) is 21.5 Å². The minimum atomic E-state index is -0.478. The highest BCUT2D eigenvalue weighted by Crippen LogP contribution is 2.27. The fourth-order valence-electron chi connectivity index (χ4n) is 2.46. The first kappa shape index (κ1) is 20.6. The summed E-state index contributed by atoms with van der Waals surface area (Å²) in [5, 5.41) is 14.1. The molecule has 0 aliphatic heterocycles. The number of carbonyl (C=O) groups excluding carboxylic acids is 2. The minimum Gasteiger partial charge on any atom is -0.465 e. The van der Waals surface area contributed by atoms with E-state index >= 15 is 0 Å². The van der Waals surface area contributed by atoms with E-state index in [0.717, 1.165) is 15.9 Å². The summed E-state index contributed by atoms with van der Waals surface area (Å²) >= 11 is 5.99. The number of methoxy groups -OCH3 is 1. The molecule has 0 atom stereocenters. The lowest BCUT2D eigenvalue weighted by Crippen LogP contribution is -2.16. The van der Waals surface area contributed by atoms with E-state index in [-0.39, 0.29) is 11.7 Å². The maximum atomic E-state index is 12.3. The van der Waals surface area contributed by atoms with Crippen LogP contribution in [0.3, 0.4) is 0 Å². The summed E-state index contributed by atoms with van der Waals surface area (Å²) in [5.74, 6) is 0.198. The van der Waals surface area contributed by atoms with Gasteiger partial charge >= 0.3 is 5.97 Å². The van der Waals surface area contributed by atoms with Crippen molar-refractivity contribution in [3.8, 4) is 11.4 Å². The second kappa shape index (κ2) is 9.35. The van der Waals surface area contributed by atoms with E-state index in [1.165, 1.54) is 30.2 Å². The number of esters is 1. The van der Waals surface area contributed by atoms with Crippen LogP contribution in [0.15, 0.2) is 45.3 Å². The van der Waals surface area contributed by atoms with E-state index in [4.69, 9.17) is 4.74 Å². The quantitative estimate of drug-likeness (QED) is 0.400. The largest absolute Gasteiger partial charge is 0.465 e. The average molecular weight is 481 g/mol. The molecule has 3 rings (SSSR count). The molecule has 0 bridgehead atoms. The third-order valence-corrected chi connectivity index (χ3v) is 6.12. The van der Waals surface area contributed by atoms with Gasteiger partial charge in [0, 0.05) is 16.6 Å².